The molecule has 0 unspecified atom stereocenters. The van der Waals surface area contributed by atoms with Gasteiger partial charge in [-0.25, -0.2) is 12.8 Å². The molecule has 1 fully saturated rings. The molecule has 1 aliphatic rings. The summed E-state index contributed by atoms with van der Waals surface area (Å²) in [4.78, 5) is 13.7. The summed E-state index contributed by atoms with van der Waals surface area (Å²) in [6.07, 6.45) is -1.02. The maximum Gasteiger partial charge on any atom is 0.261 e. The summed E-state index contributed by atoms with van der Waals surface area (Å²) >= 11 is 0. The molecule has 8 nitrogen and oxygen atoms in total. The SMILES string of the molecule is CCOCCN1C(=O)COC[C@@H]1[C@H](O)c1ccc(NS(=O)(=O)c2ccc(F)cc2)cc1. The van der Waals surface area contributed by atoms with E-state index in [1.54, 1.807) is 17.0 Å². The van der Waals surface area contributed by atoms with Crippen LogP contribution in [0.2, 0.25) is 0 Å². The van der Waals surface area contributed by atoms with E-state index < -0.39 is 28.0 Å². The Morgan fingerprint density at radius 2 is 1.90 bits per heavy atom. The minimum atomic E-state index is -3.88. The third-order valence-electron chi connectivity index (χ3n) is 4.91. The highest BCUT2D eigenvalue weighted by atomic mass is 32.2. The molecule has 2 aromatic rings. The molecular weight excluding hydrogens is 427 g/mol. The second-order valence-corrected chi connectivity index (χ2v) is 8.68. The molecule has 2 atom stereocenters. The van der Waals surface area contributed by atoms with Crippen molar-refractivity contribution < 1.29 is 32.2 Å². The first-order valence-electron chi connectivity index (χ1n) is 9.83. The number of amides is 1. The molecule has 10 heteroatoms. The highest BCUT2D eigenvalue weighted by molar-refractivity contribution is 7.92. The van der Waals surface area contributed by atoms with Crippen LogP contribution in [0, 0.1) is 5.82 Å². The van der Waals surface area contributed by atoms with Gasteiger partial charge in [-0.3, -0.25) is 9.52 Å². The van der Waals surface area contributed by atoms with Crippen LogP contribution in [0.15, 0.2) is 53.4 Å². The lowest BCUT2D eigenvalue weighted by Crippen LogP contribution is -2.53. The van der Waals surface area contributed by atoms with Crippen molar-refractivity contribution in [1.82, 2.24) is 4.90 Å². The van der Waals surface area contributed by atoms with Gasteiger partial charge in [-0.05, 0) is 48.9 Å². The fraction of sp³-hybridized carbons (Fsp3) is 0.381. The van der Waals surface area contributed by atoms with Crippen LogP contribution in [0.5, 0.6) is 0 Å². The lowest BCUT2D eigenvalue weighted by molar-refractivity contribution is -0.155. The van der Waals surface area contributed by atoms with Crippen molar-refractivity contribution in [1.29, 1.82) is 0 Å². The van der Waals surface area contributed by atoms with Crippen LogP contribution < -0.4 is 4.72 Å². The van der Waals surface area contributed by atoms with Gasteiger partial charge >= 0.3 is 0 Å². The van der Waals surface area contributed by atoms with E-state index >= 15 is 0 Å². The molecule has 0 aromatic heterocycles. The minimum absolute atomic E-state index is 0.0422. The maximum absolute atomic E-state index is 13.0. The van der Waals surface area contributed by atoms with E-state index in [2.05, 4.69) is 4.72 Å². The van der Waals surface area contributed by atoms with Gasteiger partial charge in [-0.2, -0.15) is 0 Å². The number of hydrogen-bond acceptors (Lipinski definition) is 6. The summed E-state index contributed by atoms with van der Waals surface area (Å²) in [6, 6.07) is 10.1. The number of aliphatic hydroxyl groups is 1. The van der Waals surface area contributed by atoms with Gasteiger partial charge in [0.25, 0.3) is 10.0 Å². The van der Waals surface area contributed by atoms with E-state index in [1.165, 1.54) is 24.3 Å². The molecule has 1 amide bonds. The second kappa shape index (κ2) is 10.2. The van der Waals surface area contributed by atoms with Crippen molar-refractivity contribution in [2.75, 3.05) is 37.7 Å². The highest BCUT2D eigenvalue weighted by Crippen LogP contribution is 2.26. The molecule has 1 saturated heterocycles. The summed E-state index contributed by atoms with van der Waals surface area (Å²) < 4.78 is 50.9. The molecule has 1 heterocycles. The average Bonchev–Trinajstić information content (AvgIpc) is 2.75. The number of aliphatic hydroxyl groups excluding tert-OH is 1. The van der Waals surface area contributed by atoms with Gasteiger partial charge in [0.2, 0.25) is 5.91 Å². The number of rotatable bonds is 9. The number of ether oxygens (including phenoxy) is 2. The van der Waals surface area contributed by atoms with E-state index in [1.807, 2.05) is 6.92 Å². The minimum Gasteiger partial charge on any atom is -0.386 e. The largest absolute Gasteiger partial charge is 0.386 e. The van der Waals surface area contributed by atoms with E-state index in [9.17, 15) is 22.7 Å². The predicted molar refractivity (Wildman–Crippen MR) is 111 cm³/mol. The number of carbonyl (C=O) groups is 1. The van der Waals surface area contributed by atoms with Crippen LogP contribution in [0.3, 0.4) is 0 Å². The zero-order valence-electron chi connectivity index (χ0n) is 17.0. The topological polar surface area (TPSA) is 105 Å². The summed E-state index contributed by atoms with van der Waals surface area (Å²) in [5, 5.41) is 10.8. The second-order valence-electron chi connectivity index (χ2n) is 6.99. The Bertz CT molecular complexity index is 982. The van der Waals surface area contributed by atoms with Crippen LogP contribution >= 0.6 is 0 Å². The van der Waals surface area contributed by atoms with E-state index in [0.29, 0.717) is 25.3 Å². The number of anilines is 1. The number of nitrogens with one attached hydrogen (secondary N) is 1. The molecule has 1 aliphatic heterocycles. The number of carbonyl (C=O) groups excluding carboxylic acids is 1. The first-order valence-corrected chi connectivity index (χ1v) is 11.3. The molecule has 2 N–H and O–H groups in total. The smallest absolute Gasteiger partial charge is 0.261 e. The molecule has 3 rings (SSSR count). The number of benzene rings is 2. The zero-order valence-corrected chi connectivity index (χ0v) is 17.8. The third-order valence-corrected chi connectivity index (χ3v) is 6.31. The molecule has 168 valence electrons. The number of halogens is 1. The Balaban J connectivity index is 1.70. The Kier molecular flexibility index (Phi) is 7.60. The molecule has 0 aliphatic carbocycles. The predicted octanol–water partition coefficient (Wildman–Crippen LogP) is 1.92. The van der Waals surface area contributed by atoms with E-state index in [0.717, 1.165) is 12.1 Å². The van der Waals surface area contributed by atoms with Crippen LogP contribution in [0.4, 0.5) is 10.1 Å². The van der Waals surface area contributed by atoms with Gasteiger partial charge in [0, 0.05) is 18.8 Å². The molecule has 2 aromatic carbocycles. The fourth-order valence-electron chi connectivity index (χ4n) is 3.28. The Labute approximate surface area is 180 Å². The maximum atomic E-state index is 13.0. The van der Waals surface area contributed by atoms with Crippen molar-refractivity contribution in [2.24, 2.45) is 0 Å². The fourth-order valence-corrected chi connectivity index (χ4v) is 4.34. The zero-order chi connectivity index (χ0) is 22.4. The van der Waals surface area contributed by atoms with Gasteiger partial charge < -0.3 is 19.5 Å². The van der Waals surface area contributed by atoms with Crippen molar-refractivity contribution in [3.63, 3.8) is 0 Å². The van der Waals surface area contributed by atoms with Crippen molar-refractivity contribution >= 4 is 21.6 Å². The normalized spacial score (nSPS) is 18.1. The van der Waals surface area contributed by atoms with Gasteiger partial charge in [-0.15, -0.1) is 0 Å². The molecule has 0 spiro atoms. The van der Waals surface area contributed by atoms with Gasteiger partial charge in [0.1, 0.15) is 18.5 Å². The Hall–Kier alpha value is -2.53. The standard InChI is InChI=1S/C21H25FN2O6S/c1-2-29-12-11-24-19(13-30-14-20(24)25)21(26)15-3-7-17(8-4-15)23-31(27,28)18-9-5-16(22)6-10-18/h3-10,19,21,23,26H,2,11-14H2,1H3/t19-,21-/m1/s1. The lowest BCUT2D eigenvalue weighted by atomic mass is 10.00. The summed E-state index contributed by atoms with van der Waals surface area (Å²) in [5.74, 6) is -0.753. The molecule has 0 bridgehead atoms. The van der Waals surface area contributed by atoms with Crippen LogP contribution in [-0.4, -0.2) is 63.3 Å². The van der Waals surface area contributed by atoms with E-state index in [4.69, 9.17) is 9.47 Å². The Morgan fingerprint density at radius 1 is 1.23 bits per heavy atom. The van der Waals surface area contributed by atoms with Crippen LogP contribution in [0.25, 0.3) is 0 Å². The third kappa shape index (κ3) is 5.79. The first-order chi connectivity index (χ1) is 14.8. The first kappa shape index (κ1) is 23.1. The number of morpholine rings is 1. The number of hydrogen-bond donors (Lipinski definition) is 2. The van der Waals surface area contributed by atoms with Crippen molar-refractivity contribution in [3.8, 4) is 0 Å². The molecule has 31 heavy (non-hydrogen) atoms. The highest BCUT2D eigenvalue weighted by Gasteiger charge is 2.34. The quantitative estimate of drug-likeness (QED) is 0.564. The molecular formula is C21H25FN2O6S. The van der Waals surface area contributed by atoms with Gasteiger partial charge in [0.15, 0.2) is 0 Å². The summed E-state index contributed by atoms with van der Waals surface area (Å²) in [6.45, 7) is 3.22. The van der Waals surface area contributed by atoms with Gasteiger partial charge in [0.05, 0.1) is 24.2 Å². The van der Waals surface area contributed by atoms with Crippen molar-refractivity contribution in [2.45, 2.75) is 24.0 Å². The monoisotopic (exact) mass is 452 g/mol. The van der Waals surface area contributed by atoms with Gasteiger partial charge in [-0.1, -0.05) is 12.1 Å². The number of nitrogens with zero attached hydrogens (tertiary/aromatic N) is 1. The molecule has 0 saturated carbocycles. The summed E-state index contributed by atoms with van der Waals surface area (Å²) in [5.41, 5.74) is 0.791. The summed E-state index contributed by atoms with van der Waals surface area (Å²) in [7, 11) is -3.88. The van der Waals surface area contributed by atoms with Crippen LogP contribution in [0.1, 0.15) is 18.6 Å². The van der Waals surface area contributed by atoms with E-state index in [-0.39, 0.29) is 29.7 Å². The Morgan fingerprint density at radius 3 is 2.55 bits per heavy atom. The lowest BCUT2D eigenvalue weighted by Gasteiger charge is -2.38. The van der Waals surface area contributed by atoms with Crippen LogP contribution in [-0.2, 0) is 24.3 Å². The average molecular weight is 453 g/mol. The van der Waals surface area contributed by atoms with Crippen molar-refractivity contribution in [3.05, 3.63) is 59.9 Å². The number of sulfonamides is 1. The molecule has 0 radical (unpaired) electrons.